The van der Waals surface area contributed by atoms with Crippen molar-refractivity contribution < 1.29 is 74.9 Å². The van der Waals surface area contributed by atoms with E-state index in [4.69, 9.17) is 35.1 Å². The van der Waals surface area contributed by atoms with E-state index in [1.54, 1.807) is 0 Å². The van der Waals surface area contributed by atoms with Crippen LogP contribution in [0.1, 0.15) is 12.8 Å². The summed E-state index contributed by atoms with van der Waals surface area (Å²) in [7, 11) is -22.0. The van der Waals surface area contributed by atoms with Crippen LogP contribution in [0.15, 0.2) is 0 Å². The standard InChI is InChI=1S/C5H13NO16P4/c6-3(5(8)20-26(17,18)22-24(12,13)14)1-2-4(7)19-25(15,16)21-23(9,10)11/h3H,1-2,6H2,(H,15,16)(H,17,18)(H2,9,10,11)(H2,12,13,14)/t3-/m0/s1. The van der Waals surface area contributed by atoms with E-state index in [2.05, 4.69) is 17.7 Å². The van der Waals surface area contributed by atoms with Gasteiger partial charge >= 0.3 is 43.2 Å². The molecule has 2 unspecified atom stereocenters. The third-order valence-corrected chi connectivity index (χ3v) is 6.00. The molecule has 0 saturated heterocycles. The average molecular weight is 467 g/mol. The monoisotopic (exact) mass is 467 g/mol. The van der Waals surface area contributed by atoms with Gasteiger partial charge in [0, 0.05) is 6.42 Å². The Morgan fingerprint density at radius 1 is 0.808 bits per heavy atom. The first-order valence-corrected chi connectivity index (χ1v) is 11.8. The molecule has 8 N–H and O–H groups in total. The molecule has 17 nitrogen and oxygen atoms in total. The number of phosphoric acid groups is 4. The number of rotatable bonds is 10. The molecule has 0 aliphatic rings. The van der Waals surface area contributed by atoms with Crippen molar-refractivity contribution in [1.82, 2.24) is 0 Å². The lowest BCUT2D eigenvalue weighted by Crippen LogP contribution is -2.32. The summed E-state index contributed by atoms with van der Waals surface area (Å²) in [5, 5.41) is 0. The molecular weight excluding hydrogens is 454 g/mol. The van der Waals surface area contributed by atoms with E-state index in [0.717, 1.165) is 0 Å². The van der Waals surface area contributed by atoms with Crippen LogP contribution in [0.2, 0.25) is 0 Å². The smallest absolute Gasteiger partial charge is 0.370 e. The molecule has 0 aromatic carbocycles. The van der Waals surface area contributed by atoms with Crippen molar-refractivity contribution in [3.05, 3.63) is 0 Å². The van der Waals surface area contributed by atoms with E-state index in [-0.39, 0.29) is 0 Å². The minimum Gasteiger partial charge on any atom is -0.370 e. The lowest BCUT2D eigenvalue weighted by molar-refractivity contribution is -0.138. The molecule has 154 valence electrons. The van der Waals surface area contributed by atoms with Crippen molar-refractivity contribution in [2.45, 2.75) is 18.9 Å². The maximum atomic E-state index is 11.3. The highest BCUT2D eigenvalue weighted by molar-refractivity contribution is 7.61. The van der Waals surface area contributed by atoms with Gasteiger partial charge in [-0.25, -0.2) is 23.1 Å². The van der Waals surface area contributed by atoms with Gasteiger partial charge in [-0.3, -0.25) is 14.6 Å². The molecule has 0 radical (unpaired) electrons. The van der Waals surface area contributed by atoms with Crippen LogP contribution in [0, 0.1) is 0 Å². The van der Waals surface area contributed by atoms with Gasteiger partial charge in [-0.05, 0) is 6.42 Å². The first-order valence-electron chi connectivity index (χ1n) is 5.73. The molecule has 0 aromatic heterocycles. The van der Waals surface area contributed by atoms with Crippen LogP contribution >= 0.6 is 31.3 Å². The molecule has 0 bridgehead atoms. The van der Waals surface area contributed by atoms with Gasteiger partial charge in [0.05, 0.1) is 0 Å². The van der Waals surface area contributed by atoms with E-state index < -0.39 is 62.1 Å². The zero-order valence-electron chi connectivity index (χ0n) is 12.1. The van der Waals surface area contributed by atoms with Crippen LogP contribution in [0.5, 0.6) is 0 Å². The highest BCUT2D eigenvalue weighted by Crippen LogP contribution is 2.58. The van der Waals surface area contributed by atoms with Gasteiger partial charge in [-0.15, -0.1) is 0 Å². The van der Waals surface area contributed by atoms with Crippen molar-refractivity contribution in [2.24, 2.45) is 5.73 Å². The number of hydrogen-bond acceptors (Lipinski definition) is 11. The van der Waals surface area contributed by atoms with E-state index in [9.17, 15) is 27.8 Å². The second-order valence-corrected chi connectivity index (χ2v) is 9.61. The van der Waals surface area contributed by atoms with Crippen molar-refractivity contribution >= 4 is 43.2 Å². The maximum Gasteiger partial charge on any atom is 0.538 e. The van der Waals surface area contributed by atoms with E-state index >= 15 is 0 Å². The lowest BCUT2D eigenvalue weighted by atomic mass is 10.2. The fourth-order valence-corrected chi connectivity index (χ4v) is 4.18. The van der Waals surface area contributed by atoms with Crippen LogP contribution < -0.4 is 5.73 Å². The normalized spacial score (nSPS) is 18.3. The largest absolute Gasteiger partial charge is 0.538 e. The summed E-state index contributed by atoms with van der Waals surface area (Å²) >= 11 is 0. The number of nitrogens with two attached hydrogens (primary N) is 1. The number of phosphoric ester groups is 2. The SMILES string of the molecule is N[C@@H](CCC(=O)OP(=O)(O)OP(=O)(O)O)C(=O)OP(=O)(O)OP(=O)(O)O. The maximum absolute atomic E-state index is 11.3. The van der Waals surface area contributed by atoms with E-state index in [1.165, 1.54) is 0 Å². The molecule has 0 aliphatic heterocycles. The molecular formula is C5H13NO16P4. The fourth-order valence-electron chi connectivity index (χ4n) is 1.05. The Bertz CT molecular complexity index is 718. The molecule has 0 amide bonds. The molecule has 0 fully saturated rings. The fraction of sp³-hybridized carbons (Fsp3) is 0.600. The molecule has 21 heteroatoms. The number of hydrogen-bond donors (Lipinski definition) is 7. The summed E-state index contributed by atoms with van der Waals surface area (Å²) in [5.74, 6) is -3.35. The van der Waals surface area contributed by atoms with Gasteiger partial charge in [0.25, 0.3) is 0 Å². The summed E-state index contributed by atoms with van der Waals surface area (Å²) in [6.07, 6.45) is -1.68. The second kappa shape index (κ2) is 9.13. The quantitative estimate of drug-likeness (QED) is 0.182. The highest BCUT2D eigenvalue weighted by Gasteiger charge is 2.38. The topological polar surface area (TPSA) is 287 Å². The van der Waals surface area contributed by atoms with Gasteiger partial charge in [0.15, 0.2) is 0 Å². The predicted molar refractivity (Wildman–Crippen MR) is 75.3 cm³/mol. The minimum absolute atomic E-state index is 0.747. The van der Waals surface area contributed by atoms with Crippen LogP contribution in [-0.2, 0) is 45.5 Å². The van der Waals surface area contributed by atoms with Crippen molar-refractivity contribution in [3.63, 3.8) is 0 Å². The first-order chi connectivity index (χ1) is 11.3. The van der Waals surface area contributed by atoms with E-state index in [1.807, 2.05) is 0 Å². The third kappa shape index (κ3) is 12.8. The summed E-state index contributed by atoms with van der Waals surface area (Å²) in [5.41, 5.74) is 5.15. The van der Waals surface area contributed by atoms with Crippen molar-refractivity contribution in [1.29, 1.82) is 0 Å². The summed E-state index contributed by atoms with van der Waals surface area (Å²) in [4.78, 5) is 73.6. The minimum atomic E-state index is -5.53. The molecule has 0 spiro atoms. The third-order valence-electron chi connectivity index (χ3n) is 1.80. The first kappa shape index (κ1) is 25.5. The summed E-state index contributed by atoms with van der Waals surface area (Å²) in [6, 6.07) is -1.86. The Kier molecular flexibility index (Phi) is 8.95. The van der Waals surface area contributed by atoms with Crippen LogP contribution in [0.4, 0.5) is 0 Å². The van der Waals surface area contributed by atoms with Gasteiger partial charge in [0.2, 0.25) is 0 Å². The molecule has 0 rings (SSSR count). The Hall–Kier alpha value is -0.500. The van der Waals surface area contributed by atoms with E-state index in [0.29, 0.717) is 0 Å². The zero-order valence-corrected chi connectivity index (χ0v) is 15.7. The van der Waals surface area contributed by atoms with Crippen LogP contribution in [0.3, 0.4) is 0 Å². The number of carbonyl (C=O) groups excluding carboxylic acids is 2. The molecule has 3 atom stereocenters. The second-order valence-electron chi connectivity index (χ2n) is 4.10. The molecule has 0 saturated carbocycles. The molecule has 0 aromatic rings. The molecule has 0 heterocycles. The van der Waals surface area contributed by atoms with Gasteiger partial charge in [-0.1, -0.05) is 0 Å². The zero-order chi connectivity index (χ0) is 21.0. The Labute approximate surface area is 143 Å². The Balaban J connectivity index is 4.59. The molecule has 26 heavy (non-hydrogen) atoms. The lowest BCUT2D eigenvalue weighted by Gasteiger charge is -2.15. The van der Waals surface area contributed by atoms with Gasteiger partial charge in [0.1, 0.15) is 6.04 Å². The average Bonchev–Trinajstić information content (AvgIpc) is 2.27. The summed E-state index contributed by atoms with van der Waals surface area (Å²) < 4.78 is 57.0. The highest BCUT2D eigenvalue weighted by atomic mass is 31.3. The van der Waals surface area contributed by atoms with Crippen LogP contribution in [-0.4, -0.2) is 47.3 Å². The summed E-state index contributed by atoms with van der Waals surface area (Å²) in [6.45, 7) is 0. The van der Waals surface area contributed by atoms with Gasteiger partial charge < -0.3 is 34.4 Å². The van der Waals surface area contributed by atoms with Crippen molar-refractivity contribution in [2.75, 3.05) is 0 Å². The number of carbonyl (C=O) groups is 2. The Morgan fingerprint density at radius 2 is 1.19 bits per heavy atom. The van der Waals surface area contributed by atoms with Crippen molar-refractivity contribution in [3.8, 4) is 0 Å². The molecule has 0 aliphatic carbocycles. The Morgan fingerprint density at radius 3 is 1.58 bits per heavy atom. The van der Waals surface area contributed by atoms with Gasteiger partial charge in [-0.2, -0.15) is 8.62 Å². The predicted octanol–water partition coefficient (Wildman–Crippen LogP) is -1.40. The van der Waals surface area contributed by atoms with Crippen LogP contribution in [0.25, 0.3) is 0 Å².